The number of guanidine groups is 1. The molecule has 1 aromatic carbocycles. The van der Waals surface area contributed by atoms with Crippen molar-refractivity contribution in [3.05, 3.63) is 41.7 Å². The van der Waals surface area contributed by atoms with E-state index in [9.17, 15) is 9.59 Å². The molecular formula is C19H23N5O3. The molecule has 0 bridgehead atoms. The Morgan fingerprint density at radius 3 is 2.70 bits per heavy atom. The van der Waals surface area contributed by atoms with Crippen LogP contribution in [0.15, 0.2) is 41.2 Å². The zero-order chi connectivity index (χ0) is 19.3. The predicted octanol–water partition coefficient (Wildman–Crippen LogP) is 1.58. The molecule has 3 aliphatic rings. The van der Waals surface area contributed by atoms with E-state index in [-0.39, 0.29) is 18.5 Å². The lowest BCUT2D eigenvalue weighted by Gasteiger charge is -2.40. The molecule has 2 unspecified atom stereocenters. The van der Waals surface area contributed by atoms with Gasteiger partial charge in [-0.25, -0.2) is 9.79 Å². The molecule has 1 aromatic rings. The average molecular weight is 369 g/mol. The molecule has 0 N–H and O–H groups in total. The van der Waals surface area contributed by atoms with E-state index in [2.05, 4.69) is 6.07 Å². The van der Waals surface area contributed by atoms with Crippen LogP contribution in [0.3, 0.4) is 0 Å². The van der Waals surface area contributed by atoms with Crippen molar-refractivity contribution in [2.24, 2.45) is 4.99 Å². The number of amides is 3. The van der Waals surface area contributed by atoms with Crippen molar-refractivity contribution in [3.63, 3.8) is 0 Å². The van der Waals surface area contributed by atoms with E-state index in [0.29, 0.717) is 12.6 Å². The third-order valence-corrected chi connectivity index (χ3v) is 5.17. The first-order valence-corrected chi connectivity index (χ1v) is 8.92. The van der Waals surface area contributed by atoms with E-state index in [4.69, 9.17) is 9.73 Å². The number of aliphatic imine (C=N–C) groups is 1. The Balaban J connectivity index is 1.70. The summed E-state index contributed by atoms with van der Waals surface area (Å²) in [5, 5.41) is 0. The fourth-order valence-corrected chi connectivity index (χ4v) is 3.83. The van der Waals surface area contributed by atoms with Crippen LogP contribution in [0, 0.1) is 6.92 Å². The number of carbonyl (C=O) groups is 2. The lowest BCUT2D eigenvalue weighted by Crippen LogP contribution is -2.64. The summed E-state index contributed by atoms with van der Waals surface area (Å²) < 4.78 is 5.05. The van der Waals surface area contributed by atoms with Crippen LogP contribution in [0.4, 0.5) is 10.5 Å². The summed E-state index contributed by atoms with van der Waals surface area (Å²) in [7, 11) is 3.24. The van der Waals surface area contributed by atoms with E-state index in [1.54, 1.807) is 14.2 Å². The summed E-state index contributed by atoms with van der Waals surface area (Å²) in [4.78, 5) is 37.1. The minimum absolute atomic E-state index is 0.231. The molecule has 27 heavy (non-hydrogen) atoms. The number of fused-ring (bicyclic) bond motifs is 3. The fraction of sp³-hybridized carbons (Fsp3) is 0.421. The molecular weight excluding hydrogens is 346 g/mol. The first-order valence-electron chi connectivity index (χ1n) is 8.92. The largest absolute Gasteiger partial charge is 0.383 e. The SMILES string of the molecule is COCCN1C(=O)C2C(N=C3N(c4cccc(C)c4)C(C)=CN32)N(C)C1=O. The van der Waals surface area contributed by atoms with Crippen molar-refractivity contribution < 1.29 is 14.3 Å². The van der Waals surface area contributed by atoms with Gasteiger partial charge in [0.15, 0.2) is 12.2 Å². The summed E-state index contributed by atoms with van der Waals surface area (Å²) in [6.07, 6.45) is 1.40. The maximum absolute atomic E-state index is 13.1. The number of urea groups is 1. The van der Waals surface area contributed by atoms with Gasteiger partial charge in [0.2, 0.25) is 5.96 Å². The van der Waals surface area contributed by atoms with Crippen LogP contribution >= 0.6 is 0 Å². The number of likely N-dealkylation sites (N-methyl/N-ethyl adjacent to an activating group) is 1. The number of imide groups is 1. The van der Waals surface area contributed by atoms with E-state index in [1.165, 1.54) is 9.80 Å². The van der Waals surface area contributed by atoms with Crippen LogP contribution < -0.4 is 4.90 Å². The van der Waals surface area contributed by atoms with Crippen LogP contribution in [0.1, 0.15) is 12.5 Å². The van der Waals surface area contributed by atoms with Crippen LogP contribution in [-0.4, -0.2) is 72.1 Å². The second kappa shape index (κ2) is 6.38. The summed E-state index contributed by atoms with van der Waals surface area (Å²) in [6, 6.07) is 7.23. The lowest BCUT2D eigenvalue weighted by atomic mass is 10.1. The predicted molar refractivity (Wildman–Crippen MR) is 101 cm³/mol. The number of carbonyl (C=O) groups excluding carboxylic acids is 2. The highest BCUT2D eigenvalue weighted by Crippen LogP contribution is 2.36. The quantitative estimate of drug-likeness (QED) is 0.806. The molecule has 0 radical (unpaired) electrons. The molecule has 0 aromatic heterocycles. The van der Waals surface area contributed by atoms with Gasteiger partial charge in [0.25, 0.3) is 5.91 Å². The van der Waals surface area contributed by atoms with Gasteiger partial charge in [-0.1, -0.05) is 12.1 Å². The number of hydrogen-bond acceptors (Lipinski definition) is 6. The van der Waals surface area contributed by atoms with Crippen LogP contribution in [0.25, 0.3) is 0 Å². The molecule has 1 fully saturated rings. The van der Waals surface area contributed by atoms with E-state index < -0.39 is 12.2 Å². The zero-order valence-corrected chi connectivity index (χ0v) is 15.9. The van der Waals surface area contributed by atoms with Crippen molar-refractivity contribution in [1.29, 1.82) is 0 Å². The Kier molecular flexibility index (Phi) is 4.15. The Labute approximate surface area is 158 Å². The second-order valence-corrected chi connectivity index (χ2v) is 7.02. The average Bonchev–Trinajstić information content (AvgIpc) is 3.14. The molecule has 3 heterocycles. The van der Waals surface area contributed by atoms with Crippen molar-refractivity contribution in [3.8, 4) is 0 Å². The number of rotatable bonds is 4. The third-order valence-electron chi connectivity index (χ3n) is 5.17. The van der Waals surface area contributed by atoms with Crippen LogP contribution in [0.5, 0.6) is 0 Å². The monoisotopic (exact) mass is 369 g/mol. The van der Waals surface area contributed by atoms with Gasteiger partial charge in [0.05, 0.1) is 13.2 Å². The smallest absolute Gasteiger partial charge is 0.328 e. The molecule has 0 spiro atoms. The molecule has 1 saturated heterocycles. The molecule has 3 aliphatic heterocycles. The highest BCUT2D eigenvalue weighted by atomic mass is 16.5. The number of benzene rings is 1. The van der Waals surface area contributed by atoms with Gasteiger partial charge in [0.1, 0.15) is 0 Å². The van der Waals surface area contributed by atoms with E-state index in [1.807, 2.05) is 48.0 Å². The molecule has 0 aliphatic carbocycles. The standard InChI is InChI=1S/C19H23N5O3/c1-12-6-5-7-14(10-12)24-13(2)11-23-15-16(20-18(23)24)21(3)19(26)22(17(15)25)8-9-27-4/h5-7,10-11,15-16H,8-9H2,1-4H3. The lowest BCUT2D eigenvalue weighted by molar-refractivity contribution is -0.137. The van der Waals surface area contributed by atoms with Gasteiger partial charge < -0.3 is 14.5 Å². The minimum atomic E-state index is -0.552. The molecule has 4 rings (SSSR count). The topological polar surface area (TPSA) is 68.7 Å². The van der Waals surface area contributed by atoms with Gasteiger partial charge >= 0.3 is 6.03 Å². The molecule has 8 heteroatoms. The van der Waals surface area contributed by atoms with Crippen molar-refractivity contribution in [2.75, 3.05) is 32.2 Å². The molecule has 3 amide bonds. The molecule has 142 valence electrons. The number of anilines is 1. The Hall–Kier alpha value is -2.87. The van der Waals surface area contributed by atoms with E-state index >= 15 is 0 Å². The fourth-order valence-electron chi connectivity index (χ4n) is 3.83. The Morgan fingerprint density at radius 2 is 2.00 bits per heavy atom. The molecule has 8 nitrogen and oxygen atoms in total. The number of allylic oxidation sites excluding steroid dienone is 1. The number of nitrogens with zero attached hydrogens (tertiary/aromatic N) is 5. The number of hydrogen-bond donors (Lipinski definition) is 0. The van der Waals surface area contributed by atoms with Crippen LogP contribution in [-0.2, 0) is 9.53 Å². The van der Waals surface area contributed by atoms with Gasteiger partial charge in [-0.2, -0.15) is 0 Å². The third kappa shape index (κ3) is 2.59. The van der Waals surface area contributed by atoms with Crippen molar-refractivity contribution >= 4 is 23.6 Å². The molecule has 2 atom stereocenters. The first-order chi connectivity index (χ1) is 12.9. The van der Waals surface area contributed by atoms with Crippen LogP contribution in [0.2, 0.25) is 0 Å². The van der Waals surface area contributed by atoms with Crippen molar-refractivity contribution in [2.45, 2.75) is 26.1 Å². The van der Waals surface area contributed by atoms with Gasteiger partial charge in [-0.05, 0) is 31.5 Å². The number of methoxy groups -OCH3 is 1. The Morgan fingerprint density at radius 1 is 1.22 bits per heavy atom. The number of aryl methyl sites for hydroxylation is 1. The first kappa shape index (κ1) is 17.5. The van der Waals surface area contributed by atoms with Gasteiger partial charge in [-0.3, -0.25) is 14.6 Å². The second-order valence-electron chi connectivity index (χ2n) is 7.02. The highest BCUT2D eigenvalue weighted by Gasteiger charge is 2.54. The molecule has 0 saturated carbocycles. The number of ether oxygens (including phenoxy) is 1. The highest BCUT2D eigenvalue weighted by molar-refractivity contribution is 6.09. The summed E-state index contributed by atoms with van der Waals surface area (Å²) in [5.41, 5.74) is 3.11. The minimum Gasteiger partial charge on any atom is -0.383 e. The summed E-state index contributed by atoms with van der Waals surface area (Å²) in [6.45, 7) is 4.56. The summed E-state index contributed by atoms with van der Waals surface area (Å²) in [5.74, 6) is 0.434. The van der Waals surface area contributed by atoms with Gasteiger partial charge in [0, 0.05) is 31.7 Å². The maximum atomic E-state index is 13.1. The van der Waals surface area contributed by atoms with E-state index in [0.717, 1.165) is 16.9 Å². The Bertz CT molecular complexity index is 865. The normalized spacial score (nSPS) is 24.3. The maximum Gasteiger partial charge on any atom is 0.328 e. The zero-order valence-electron chi connectivity index (χ0n) is 15.9. The van der Waals surface area contributed by atoms with Crippen molar-refractivity contribution in [1.82, 2.24) is 14.7 Å². The summed E-state index contributed by atoms with van der Waals surface area (Å²) >= 11 is 0. The van der Waals surface area contributed by atoms with Gasteiger partial charge in [-0.15, -0.1) is 0 Å².